The number of anilines is 1. The molecule has 2 aromatic carbocycles. The molecule has 0 saturated carbocycles. The summed E-state index contributed by atoms with van der Waals surface area (Å²) < 4.78 is 10.6. The molecule has 5 nitrogen and oxygen atoms in total. The molecule has 3 aromatic rings. The number of rotatable bonds is 7. The molecule has 1 heterocycles. The highest BCUT2D eigenvalue weighted by molar-refractivity contribution is 7.11. The lowest BCUT2D eigenvalue weighted by molar-refractivity contribution is 0.355. The van der Waals surface area contributed by atoms with Crippen LogP contribution in [0.15, 0.2) is 54.0 Å². The Labute approximate surface area is 175 Å². The highest BCUT2D eigenvalue weighted by atomic mass is 32.1. The highest BCUT2D eigenvalue weighted by Crippen LogP contribution is 2.33. The summed E-state index contributed by atoms with van der Waals surface area (Å²) in [6.45, 7) is 4.32. The predicted molar refractivity (Wildman–Crippen MR) is 118 cm³/mol. The minimum absolute atomic E-state index is 0.481. The van der Waals surface area contributed by atoms with Crippen LogP contribution in [0.1, 0.15) is 30.3 Å². The van der Waals surface area contributed by atoms with Gasteiger partial charge in [-0.05, 0) is 41.8 Å². The van der Waals surface area contributed by atoms with E-state index < -0.39 is 0 Å². The molecule has 0 bridgehead atoms. The molecule has 0 radical (unpaired) electrons. The van der Waals surface area contributed by atoms with Gasteiger partial charge in [-0.15, -0.1) is 11.3 Å². The van der Waals surface area contributed by atoms with Gasteiger partial charge in [0.2, 0.25) is 0 Å². The molecular weight excluding hydrogens is 382 g/mol. The van der Waals surface area contributed by atoms with Crippen molar-refractivity contribution < 1.29 is 9.47 Å². The molecule has 148 valence electrons. The second-order valence-electron chi connectivity index (χ2n) is 6.70. The largest absolute Gasteiger partial charge is 0.493 e. The van der Waals surface area contributed by atoms with Crippen LogP contribution in [-0.2, 0) is 0 Å². The number of hydrogen-bond donors (Lipinski definition) is 1. The first-order valence-corrected chi connectivity index (χ1v) is 10.1. The fraction of sp³-hybridized carbons (Fsp3) is 0.217. The Morgan fingerprint density at radius 1 is 1.10 bits per heavy atom. The maximum absolute atomic E-state index is 9.58. The molecule has 1 N–H and O–H groups in total. The number of hydrogen-bond acceptors (Lipinski definition) is 6. The molecule has 0 spiro atoms. The summed E-state index contributed by atoms with van der Waals surface area (Å²) in [6, 6.07) is 16.1. The van der Waals surface area contributed by atoms with E-state index in [1.54, 1.807) is 20.4 Å². The molecule has 29 heavy (non-hydrogen) atoms. The molecule has 3 rings (SSSR count). The zero-order chi connectivity index (χ0) is 20.8. The number of nitrogens with zero attached hydrogens (tertiary/aromatic N) is 2. The van der Waals surface area contributed by atoms with E-state index in [-0.39, 0.29) is 0 Å². The third kappa shape index (κ3) is 4.76. The number of allylic oxidation sites excluding steroid dienone is 1. The Bertz CT molecular complexity index is 1050. The van der Waals surface area contributed by atoms with Crippen LogP contribution >= 0.6 is 11.3 Å². The quantitative estimate of drug-likeness (QED) is 0.494. The number of nitrogens with one attached hydrogen (secondary N) is 1. The number of benzene rings is 2. The average molecular weight is 406 g/mol. The van der Waals surface area contributed by atoms with Crippen LogP contribution in [0.3, 0.4) is 0 Å². The van der Waals surface area contributed by atoms with Crippen LogP contribution in [0.25, 0.3) is 16.8 Å². The SMILES string of the molecule is COc1ccc(-c2csc(C(C#N)=CNc3ccc(C(C)C)cc3)n2)cc1OC. The van der Waals surface area contributed by atoms with Crippen molar-refractivity contribution in [2.24, 2.45) is 0 Å². The van der Waals surface area contributed by atoms with E-state index in [2.05, 4.69) is 42.4 Å². The Morgan fingerprint density at radius 2 is 1.83 bits per heavy atom. The summed E-state index contributed by atoms with van der Waals surface area (Å²) in [7, 11) is 3.20. The number of ether oxygens (including phenoxy) is 2. The van der Waals surface area contributed by atoms with Gasteiger partial charge in [-0.2, -0.15) is 5.26 Å². The van der Waals surface area contributed by atoms with Crippen molar-refractivity contribution in [3.8, 4) is 28.8 Å². The predicted octanol–water partition coefficient (Wildman–Crippen LogP) is 5.93. The number of aromatic nitrogens is 1. The van der Waals surface area contributed by atoms with Gasteiger partial charge in [0.1, 0.15) is 16.6 Å². The second-order valence-corrected chi connectivity index (χ2v) is 7.56. The molecule has 0 aliphatic carbocycles. The first kappa shape index (κ1) is 20.4. The van der Waals surface area contributed by atoms with Gasteiger partial charge >= 0.3 is 0 Å². The molecule has 0 aliphatic rings. The number of nitriles is 1. The molecule has 0 unspecified atom stereocenters. The van der Waals surface area contributed by atoms with Gasteiger partial charge in [-0.3, -0.25) is 0 Å². The van der Waals surface area contributed by atoms with Gasteiger partial charge in [-0.1, -0.05) is 26.0 Å². The Kier molecular flexibility index (Phi) is 6.53. The summed E-state index contributed by atoms with van der Waals surface area (Å²) in [5, 5.41) is 15.4. The Hall–Kier alpha value is -3.30. The van der Waals surface area contributed by atoms with E-state index >= 15 is 0 Å². The topological polar surface area (TPSA) is 67.2 Å². The number of thiazole rings is 1. The zero-order valence-electron chi connectivity index (χ0n) is 16.9. The van der Waals surface area contributed by atoms with Crippen molar-refractivity contribution in [1.82, 2.24) is 4.98 Å². The molecule has 0 aliphatic heterocycles. The minimum Gasteiger partial charge on any atom is -0.493 e. The van der Waals surface area contributed by atoms with Crippen LogP contribution < -0.4 is 14.8 Å². The van der Waals surface area contributed by atoms with E-state index in [1.807, 2.05) is 35.7 Å². The number of methoxy groups -OCH3 is 2. The van der Waals surface area contributed by atoms with E-state index in [4.69, 9.17) is 9.47 Å². The molecular formula is C23H23N3O2S. The van der Waals surface area contributed by atoms with Gasteiger partial charge in [0.25, 0.3) is 0 Å². The summed E-state index contributed by atoms with van der Waals surface area (Å²) in [5.74, 6) is 1.79. The Balaban J connectivity index is 1.80. The van der Waals surface area contributed by atoms with Gasteiger partial charge in [0, 0.05) is 22.8 Å². The summed E-state index contributed by atoms with van der Waals surface area (Å²) in [4.78, 5) is 4.62. The van der Waals surface area contributed by atoms with Crippen molar-refractivity contribution in [2.75, 3.05) is 19.5 Å². The standard InChI is InChI=1S/C23H23N3O2S/c1-15(2)16-5-8-19(9-6-16)25-13-18(12-24)23-26-20(14-29-23)17-7-10-21(27-3)22(11-17)28-4/h5-11,13-15,25H,1-4H3. The summed E-state index contributed by atoms with van der Waals surface area (Å²) in [6.07, 6.45) is 1.70. The first-order valence-electron chi connectivity index (χ1n) is 9.20. The maximum atomic E-state index is 9.58. The lowest BCUT2D eigenvalue weighted by atomic mass is 10.0. The fourth-order valence-corrected chi connectivity index (χ4v) is 3.58. The van der Waals surface area contributed by atoms with Crippen molar-refractivity contribution in [1.29, 1.82) is 5.26 Å². The van der Waals surface area contributed by atoms with Crippen LogP contribution in [0.2, 0.25) is 0 Å². The van der Waals surface area contributed by atoms with Gasteiger partial charge in [-0.25, -0.2) is 4.98 Å². The van der Waals surface area contributed by atoms with E-state index in [0.29, 0.717) is 28.0 Å². The van der Waals surface area contributed by atoms with Crippen LogP contribution in [0.4, 0.5) is 5.69 Å². The minimum atomic E-state index is 0.481. The zero-order valence-corrected chi connectivity index (χ0v) is 17.7. The average Bonchev–Trinajstić information content (AvgIpc) is 3.24. The molecule has 6 heteroatoms. The lowest BCUT2D eigenvalue weighted by Gasteiger charge is -2.08. The van der Waals surface area contributed by atoms with Crippen molar-refractivity contribution in [3.63, 3.8) is 0 Å². The normalized spacial score (nSPS) is 11.2. The van der Waals surface area contributed by atoms with Crippen LogP contribution in [-0.4, -0.2) is 19.2 Å². The fourth-order valence-electron chi connectivity index (χ4n) is 2.79. The third-order valence-electron chi connectivity index (χ3n) is 4.49. The molecule has 0 saturated heterocycles. The summed E-state index contributed by atoms with van der Waals surface area (Å²) >= 11 is 1.43. The van der Waals surface area contributed by atoms with Gasteiger partial charge in [0.15, 0.2) is 11.5 Å². The van der Waals surface area contributed by atoms with E-state index in [9.17, 15) is 5.26 Å². The lowest BCUT2D eigenvalue weighted by Crippen LogP contribution is -1.93. The first-order chi connectivity index (χ1) is 14.0. The van der Waals surface area contributed by atoms with E-state index in [0.717, 1.165) is 16.9 Å². The molecule has 0 atom stereocenters. The maximum Gasteiger partial charge on any atom is 0.161 e. The monoisotopic (exact) mass is 405 g/mol. The van der Waals surface area contributed by atoms with Crippen molar-refractivity contribution >= 4 is 22.6 Å². The highest BCUT2D eigenvalue weighted by Gasteiger charge is 2.12. The van der Waals surface area contributed by atoms with Gasteiger partial charge in [0.05, 0.1) is 19.9 Å². The van der Waals surface area contributed by atoms with Crippen molar-refractivity contribution in [2.45, 2.75) is 19.8 Å². The molecule has 1 aromatic heterocycles. The molecule has 0 fully saturated rings. The smallest absolute Gasteiger partial charge is 0.161 e. The third-order valence-corrected chi connectivity index (χ3v) is 5.37. The van der Waals surface area contributed by atoms with Crippen LogP contribution in [0.5, 0.6) is 11.5 Å². The Morgan fingerprint density at radius 3 is 2.45 bits per heavy atom. The van der Waals surface area contributed by atoms with Crippen molar-refractivity contribution in [3.05, 3.63) is 64.6 Å². The summed E-state index contributed by atoms with van der Waals surface area (Å²) in [5.41, 5.74) is 4.38. The second kappa shape index (κ2) is 9.26. The van der Waals surface area contributed by atoms with Crippen LogP contribution in [0, 0.1) is 11.3 Å². The molecule has 0 amide bonds. The van der Waals surface area contributed by atoms with Gasteiger partial charge < -0.3 is 14.8 Å². The van der Waals surface area contributed by atoms with E-state index in [1.165, 1.54) is 16.9 Å².